The molecule has 0 spiro atoms. The Hall–Kier alpha value is -2.86. The van der Waals surface area contributed by atoms with E-state index in [0.717, 1.165) is 12.8 Å². The van der Waals surface area contributed by atoms with Crippen LogP contribution < -0.4 is 10.6 Å². The number of halogens is 1. The zero-order chi connectivity index (χ0) is 22.2. The van der Waals surface area contributed by atoms with Crippen molar-refractivity contribution in [3.05, 3.63) is 64.7 Å². The Morgan fingerprint density at radius 2 is 1.71 bits per heavy atom. The lowest BCUT2D eigenvalue weighted by Gasteiger charge is -2.31. The van der Waals surface area contributed by atoms with Crippen molar-refractivity contribution in [2.75, 3.05) is 25.0 Å². The average molecular weight is 442 g/mol. The quantitative estimate of drug-likeness (QED) is 0.626. The van der Waals surface area contributed by atoms with E-state index in [9.17, 15) is 14.4 Å². The fourth-order valence-electron chi connectivity index (χ4n) is 3.60. The van der Waals surface area contributed by atoms with E-state index in [1.807, 2.05) is 0 Å². The number of carbonyl (C=O) groups excluding carboxylic acids is 3. The average Bonchev–Trinajstić information content (AvgIpc) is 2.79. The van der Waals surface area contributed by atoms with Crippen LogP contribution in [-0.2, 0) is 4.79 Å². The molecule has 0 bridgehead atoms. The summed E-state index contributed by atoms with van der Waals surface area (Å²) in [6.45, 7) is 3.94. The van der Waals surface area contributed by atoms with Crippen molar-refractivity contribution in [1.29, 1.82) is 0 Å². The maximum atomic E-state index is 12.8. The largest absolute Gasteiger partial charge is 0.356 e. The van der Waals surface area contributed by atoms with Gasteiger partial charge in [0, 0.05) is 36.8 Å². The molecule has 0 saturated carbocycles. The molecular weight excluding hydrogens is 414 g/mol. The first kappa shape index (κ1) is 22.8. The molecule has 7 heteroatoms. The summed E-state index contributed by atoms with van der Waals surface area (Å²) < 4.78 is 0. The van der Waals surface area contributed by atoms with Gasteiger partial charge in [0.05, 0.1) is 10.6 Å². The van der Waals surface area contributed by atoms with E-state index in [-0.39, 0.29) is 23.6 Å². The highest BCUT2D eigenvalue weighted by molar-refractivity contribution is 6.34. The molecule has 1 aliphatic heterocycles. The van der Waals surface area contributed by atoms with E-state index in [4.69, 9.17) is 11.6 Å². The van der Waals surface area contributed by atoms with Crippen molar-refractivity contribution in [3.8, 4) is 0 Å². The van der Waals surface area contributed by atoms with Gasteiger partial charge in [0.1, 0.15) is 0 Å². The summed E-state index contributed by atoms with van der Waals surface area (Å²) in [5.41, 5.74) is 1.54. The van der Waals surface area contributed by atoms with Crippen LogP contribution in [-0.4, -0.2) is 42.3 Å². The number of hydrogen-bond acceptors (Lipinski definition) is 3. The van der Waals surface area contributed by atoms with Gasteiger partial charge in [0.25, 0.3) is 11.8 Å². The van der Waals surface area contributed by atoms with Crippen molar-refractivity contribution in [2.24, 2.45) is 5.92 Å². The number of benzene rings is 2. The van der Waals surface area contributed by atoms with E-state index >= 15 is 0 Å². The normalized spacial score (nSPS) is 14.2. The van der Waals surface area contributed by atoms with Gasteiger partial charge in [-0.05, 0) is 55.7 Å². The monoisotopic (exact) mass is 441 g/mol. The fourth-order valence-corrected chi connectivity index (χ4v) is 3.82. The second kappa shape index (κ2) is 11.0. The van der Waals surface area contributed by atoms with Crippen LogP contribution in [0.1, 0.15) is 53.3 Å². The van der Waals surface area contributed by atoms with Gasteiger partial charge in [0.15, 0.2) is 0 Å². The third-order valence-electron chi connectivity index (χ3n) is 5.49. The second-order valence-corrected chi connectivity index (χ2v) is 8.13. The predicted octanol–water partition coefficient (Wildman–Crippen LogP) is 4.36. The molecule has 0 radical (unpaired) electrons. The number of likely N-dealkylation sites (tertiary alicyclic amines) is 1. The summed E-state index contributed by atoms with van der Waals surface area (Å²) in [6, 6.07) is 13.6. The van der Waals surface area contributed by atoms with E-state index in [1.165, 1.54) is 0 Å². The zero-order valence-electron chi connectivity index (χ0n) is 17.7. The van der Waals surface area contributed by atoms with Crippen LogP contribution in [0.2, 0.25) is 5.02 Å². The zero-order valence-corrected chi connectivity index (χ0v) is 18.5. The Labute approximate surface area is 188 Å². The highest BCUT2D eigenvalue weighted by Crippen LogP contribution is 2.21. The van der Waals surface area contributed by atoms with Gasteiger partial charge < -0.3 is 15.5 Å². The summed E-state index contributed by atoms with van der Waals surface area (Å²) in [5, 5.41) is 6.16. The van der Waals surface area contributed by atoms with Gasteiger partial charge in [-0.25, -0.2) is 0 Å². The van der Waals surface area contributed by atoms with Crippen LogP contribution >= 0.6 is 11.6 Å². The highest BCUT2D eigenvalue weighted by Gasteiger charge is 2.27. The van der Waals surface area contributed by atoms with Gasteiger partial charge in [-0.3, -0.25) is 14.4 Å². The molecule has 1 saturated heterocycles. The van der Waals surface area contributed by atoms with E-state index in [1.54, 1.807) is 53.4 Å². The Kier molecular flexibility index (Phi) is 8.06. The molecule has 164 valence electrons. The minimum absolute atomic E-state index is 0.0247. The Morgan fingerprint density at radius 1 is 1.03 bits per heavy atom. The molecule has 1 heterocycles. The Balaban J connectivity index is 1.52. The third kappa shape index (κ3) is 6.07. The van der Waals surface area contributed by atoms with Crippen LogP contribution in [0.15, 0.2) is 48.5 Å². The summed E-state index contributed by atoms with van der Waals surface area (Å²) in [4.78, 5) is 39.2. The first-order valence-electron chi connectivity index (χ1n) is 10.7. The van der Waals surface area contributed by atoms with Crippen molar-refractivity contribution < 1.29 is 14.4 Å². The van der Waals surface area contributed by atoms with E-state index in [2.05, 4.69) is 17.6 Å². The lowest BCUT2D eigenvalue weighted by Crippen LogP contribution is -2.43. The molecule has 0 atom stereocenters. The van der Waals surface area contributed by atoms with Gasteiger partial charge >= 0.3 is 0 Å². The predicted molar refractivity (Wildman–Crippen MR) is 122 cm³/mol. The number of carbonyl (C=O) groups is 3. The van der Waals surface area contributed by atoms with E-state index < -0.39 is 0 Å². The molecule has 2 aromatic rings. The number of nitrogens with zero attached hydrogens (tertiary/aromatic N) is 1. The molecule has 2 aromatic carbocycles. The van der Waals surface area contributed by atoms with Gasteiger partial charge in [-0.2, -0.15) is 0 Å². The standard InChI is InChI=1S/C24H28ClN3O3/c1-2-3-14-26-22(29)17-12-15-28(16-13-17)24(31)18-8-10-19(11-9-18)27-23(30)20-6-4-5-7-21(20)25/h4-11,17H,2-3,12-16H2,1H3,(H,26,29)(H,27,30). The van der Waals surface area contributed by atoms with Crippen molar-refractivity contribution in [1.82, 2.24) is 10.2 Å². The molecule has 0 aromatic heterocycles. The lowest BCUT2D eigenvalue weighted by atomic mass is 9.95. The first-order valence-corrected chi connectivity index (χ1v) is 11.1. The number of rotatable bonds is 7. The smallest absolute Gasteiger partial charge is 0.257 e. The van der Waals surface area contributed by atoms with Crippen LogP contribution in [0, 0.1) is 5.92 Å². The van der Waals surface area contributed by atoms with Crippen molar-refractivity contribution in [3.63, 3.8) is 0 Å². The van der Waals surface area contributed by atoms with Crippen LogP contribution in [0.5, 0.6) is 0 Å². The topological polar surface area (TPSA) is 78.5 Å². The maximum Gasteiger partial charge on any atom is 0.257 e. The first-order chi connectivity index (χ1) is 15.0. The number of piperidine rings is 1. The molecule has 3 amide bonds. The number of unbranched alkanes of at least 4 members (excludes halogenated alkanes) is 1. The van der Waals surface area contributed by atoms with E-state index in [0.29, 0.717) is 54.3 Å². The molecule has 0 aliphatic carbocycles. The van der Waals surface area contributed by atoms with Crippen molar-refractivity contribution >= 4 is 35.0 Å². The highest BCUT2D eigenvalue weighted by atomic mass is 35.5. The van der Waals surface area contributed by atoms with Gasteiger partial charge in [-0.15, -0.1) is 0 Å². The number of hydrogen-bond donors (Lipinski definition) is 2. The fraction of sp³-hybridized carbons (Fsp3) is 0.375. The molecular formula is C24H28ClN3O3. The van der Waals surface area contributed by atoms with Crippen LogP contribution in [0.25, 0.3) is 0 Å². The van der Waals surface area contributed by atoms with Crippen LogP contribution in [0.3, 0.4) is 0 Å². The maximum absolute atomic E-state index is 12.8. The minimum Gasteiger partial charge on any atom is -0.356 e. The SMILES string of the molecule is CCCCNC(=O)C1CCN(C(=O)c2ccc(NC(=O)c3ccccc3Cl)cc2)CC1. The number of amides is 3. The van der Waals surface area contributed by atoms with Crippen molar-refractivity contribution in [2.45, 2.75) is 32.6 Å². The lowest BCUT2D eigenvalue weighted by molar-refractivity contribution is -0.126. The summed E-state index contributed by atoms with van der Waals surface area (Å²) in [7, 11) is 0. The van der Waals surface area contributed by atoms with Crippen LogP contribution in [0.4, 0.5) is 5.69 Å². The second-order valence-electron chi connectivity index (χ2n) is 7.72. The summed E-state index contributed by atoms with van der Waals surface area (Å²) in [5.74, 6) is -0.291. The molecule has 0 unspecified atom stereocenters. The molecule has 1 aliphatic rings. The Bertz CT molecular complexity index is 922. The Morgan fingerprint density at radius 3 is 2.35 bits per heavy atom. The van der Waals surface area contributed by atoms with Gasteiger partial charge in [0.2, 0.25) is 5.91 Å². The molecule has 2 N–H and O–H groups in total. The number of anilines is 1. The molecule has 31 heavy (non-hydrogen) atoms. The third-order valence-corrected chi connectivity index (χ3v) is 5.82. The minimum atomic E-state index is -0.302. The molecule has 1 fully saturated rings. The summed E-state index contributed by atoms with van der Waals surface area (Å²) in [6.07, 6.45) is 3.39. The summed E-state index contributed by atoms with van der Waals surface area (Å²) >= 11 is 6.06. The van der Waals surface area contributed by atoms with Gasteiger partial charge in [-0.1, -0.05) is 37.1 Å². The molecule has 6 nitrogen and oxygen atoms in total. The molecule has 3 rings (SSSR count). The number of nitrogens with one attached hydrogen (secondary N) is 2.